The highest BCUT2D eigenvalue weighted by Gasteiger charge is 2.63. The molecule has 26 heavy (non-hydrogen) atoms. The maximum absolute atomic E-state index is 12.9. The normalized spacial score (nSPS) is 28.7. The third-order valence-corrected chi connectivity index (χ3v) is 5.53. The van der Waals surface area contributed by atoms with Gasteiger partial charge in [0.2, 0.25) is 11.8 Å². The molecule has 0 aliphatic carbocycles. The van der Waals surface area contributed by atoms with E-state index in [4.69, 9.17) is 4.74 Å². The van der Waals surface area contributed by atoms with E-state index in [1.807, 2.05) is 35.3 Å². The van der Waals surface area contributed by atoms with Crippen LogP contribution < -0.4 is 9.64 Å². The van der Waals surface area contributed by atoms with Crippen LogP contribution in [0.1, 0.15) is 12.5 Å². The number of amides is 2. The molecule has 2 amide bonds. The van der Waals surface area contributed by atoms with Crippen molar-refractivity contribution in [2.45, 2.75) is 19.0 Å². The number of anilines is 1. The Balaban J connectivity index is 1.83. The topological polar surface area (TPSA) is 66.9 Å². The lowest BCUT2D eigenvalue weighted by Gasteiger charge is -2.36. The Morgan fingerprint density at radius 3 is 2.65 bits per heavy atom. The molecule has 0 saturated carbocycles. The molecule has 3 aliphatic rings. The highest BCUT2D eigenvalue weighted by Crippen LogP contribution is 2.48. The van der Waals surface area contributed by atoms with Crippen LogP contribution in [-0.2, 0) is 14.4 Å². The Kier molecular flexibility index (Phi) is 3.72. The number of carbonyl (C=O) groups is 3. The van der Waals surface area contributed by atoms with Gasteiger partial charge >= 0.3 is 0 Å². The molecule has 2 saturated heterocycles. The Morgan fingerprint density at radius 2 is 2.00 bits per heavy atom. The van der Waals surface area contributed by atoms with E-state index in [2.05, 4.69) is 6.58 Å². The van der Waals surface area contributed by atoms with Crippen molar-refractivity contribution in [1.29, 1.82) is 0 Å². The Labute approximate surface area is 151 Å². The molecule has 3 heterocycles. The molecule has 0 bridgehead atoms. The summed E-state index contributed by atoms with van der Waals surface area (Å²) in [5.74, 6) is -1.08. The van der Waals surface area contributed by atoms with Crippen molar-refractivity contribution >= 4 is 29.4 Å². The first-order chi connectivity index (χ1) is 12.5. The Morgan fingerprint density at radius 1 is 1.27 bits per heavy atom. The van der Waals surface area contributed by atoms with E-state index in [0.29, 0.717) is 0 Å². The van der Waals surface area contributed by atoms with Crippen molar-refractivity contribution in [3.63, 3.8) is 0 Å². The number of ether oxygens (including phenoxy) is 1. The van der Waals surface area contributed by atoms with Crippen LogP contribution in [0.25, 0.3) is 6.08 Å². The van der Waals surface area contributed by atoms with Gasteiger partial charge in [-0.2, -0.15) is 0 Å². The van der Waals surface area contributed by atoms with Gasteiger partial charge < -0.3 is 9.64 Å². The van der Waals surface area contributed by atoms with Gasteiger partial charge in [0.05, 0.1) is 25.0 Å². The largest absolute Gasteiger partial charge is 0.497 e. The van der Waals surface area contributed by atoms with Gasteiger partial charge in [0.15, 0.2) is 5.78 Å². The van der Waals surface area contributed by atoms with Crippen LogP contribution >= 0.6 is 0 Å². The highest BCUT2D eigenvalue weighted by atomic mass is 16.5. The first-order valence-corrected chi connectivity index (χ1v) is 8.60. The smallest absolute Gasteiger partial charge is 0.236 e. The van der Waals surface area contributed by atoms with E-state index in [1.165, 1.54) is 17.9 Å². The predicted molar refractivity (Wildman–Crippen MR) is 96.7 cm³/mol. The van der Waals surface area contributed by atoms with Crippen molar-refractivity contribution < 1.29 is 19.1 Å². The van der Waals surface area contributed by atoms with Crippen LogP contribution in [0.15, 0.2) is 36.9 Å². The summed E-state index contributed by atoms with van der Waals surface area (Å²) in [7, 11) is 1.60. The average Bonchev–Trinajstić information content (AvgIpc) is 3.10. The summed E-state index contributed by atoms with van der Waals surface area (Å²) in [6.45, 7) is 5.29. The second-order valence-electron chi connectivity index (χ2n) is 6.86. The number of carbonyl (C=O) groups excluding carboxylic acids is 3. The van der Waals surface area contributed by atoms with Gasteiger partial charge in [0.1, 0.15) is 11.8 Å². The first kappa shape index (κ1) is 16.6. The third-order valence-electron chi connectivity index (χ3n) is 5.53. The monoisotopic (exact) mass is 352 g/mol. The molecule has 1 aromatic rings. The second kappa shape index (κ2) is 5.83. The minimum atomic E-state index is -0.650. The summed E-state index contributed by atoms with van der Waals surface area (Å²) in [5.41, 5.74) is 1.76. The van der Waals surface area contributed by atoms with Crippen molar-refractivity contribution in [2.75, 3.05) is 18.6 Å². The van der Waals surface area contributed by atoms with Crippen molar-refractivity contribution in [3.8, 4) is 5.75 Å². The summed E-state index contributed by atoms with van der Waals surface area (Å²) in [6, 6.07) is 4.65. The number of benzene rings is 1. The van der Waals surface area contributed by atoms with Gasteiger partial charge in [0.25, 0.3) is 0 Å². The van der Waals surface area contributed by atoms with E-state index in [0.717, 1.165) is 17.0 Å². The highest BCUT2D eigenvalue weighted by molar-refractivity contribution is 6.11. The molecule has 0 spiro atoms. The van der Waals surface area contributed by atoms with Gasteiger partial charge in [-0.05, 0) is 25.1 Å². The van der Waals surface area contributed by atoms with Crippen molar-refractivity contribution in [3.05, 3.63) is 42.5 Å². The van der Waals surface area contributed by atoms with Crippen LogP contribution in [0.5, 0.6) is 5.75 Å². The number of Topliss-reactive ketones (excluding diaryl/α,β-unsaturated/α-hetero) is 1. The number of likely N-dealkylation sites (tertiary alicyclic amines) is 1. The molecule has 6 heteroatoms. The number of imide groups is 1. The lowest BCUT2D eigenvalue weighted by Crippen LogP contribution is -2.48. The number of methoxy groups -OCH3 is 1. The minimum Gasteiger partial charge on any atom is -0.497 e. The van der Waals surface area contributed by atoms with Gasteiger partial charge in [0, 0.05) is 17.8 Å². The molecule has 4 rings (SSSR count). The van der Waals surface area contributed by atoms with Crippen LogP contribution in [0.2, 0.25) is 0 Å². The molecular weight excluding hydrogens is 332 g/mol. The quantitative estimate of drug-likeness (QED) is 0.609. The summed E-state index contributed by atoms with van der Waals surface area (Å²) in [5, 5.41) is 0. The minimum absolute atomic E-state index is 0.110. The second-order valence-corrected chi connectivity index (χ2v) is 6.86. The molecule has 6 nitrogen and oxygen atoms in total. The maximum Gasteiger partial charge on any atom is 0.236 e. The van der Waals surface area contributed by atoms with E-state index >= 15 is 0 Å². The number of rotatable bonds is 4. The van der Waals surface area contributed by atoms with Gasteiger partial charge in [-0.15, -0.1) is 6.58 Å². The summed E-state index contributed by atoms with van der Waals surface area (Å²) in [6.07, 6.45) is 5.40. The number of hydrogen-bond acceptors (Lipinski definition) is 5. The summed E-state index contributed by atoms with van der Waals surface area (Å²) >= 11 is 0. The standard InChI is InChI=1S/C20H20N2O4/c1-4-9-21-19(24)16-15-7-5-12-10-13(26-3)6-8-14(12)22(15)18(11(2)23)17(16)20(21)25/h4-8,10,15-18H,1,9H2,2-3H3/t15-,16-,17-,18-/m0/s1. The fraction of sp³-hybridized carbons (Fsp3) is 0.350. The van der Waals surface area contributed by atoms with E-state index < -0.39 is 17.9 Å². The lowest BCUT2D eigenvalue weighted by atomic mass is 9.88. The van der Waals surface area contributed by atoms with Gasteiger partial charge in [-0.3, -0.25) is 19.3 Å². The number of nitrogens with zero attached hydrogens (tertiary/aromatic N) is 2. The Bertz CT molecular complexity index is 859. The number of hydrogen-bond donors (Lipinski definition) is 0. The number of fused-ring (bicyclic) bond motifs is 5. The zero-order chi connectivity index (χ0) is 18.6. The van der Waals surface area contributed by atoms with E-state index in [1.54, 1.807) is 7.11 Å². The van der Waals surface area contributed by atoms with E-state index in [9.17, 15) is 14.4 Å². The van der Waals surface area contributed by atoms with Crippen molar-refractivity contribution in [1.82, 2.24) is 4.90 Å². The van der Waals surface area contributed by atoms with Crippen LogP contribution in [0, 0.1) is 11.8 Å². The zero-order valence-corrected chi connectivity index (χ0v) is 14.7. The molecule has 0 N–H and O–H groups in total. The molecule has 0 unspecified atom stereocenters. The van der Waals surface area contributed by atoms with Crippen LogP contribution in [-0.4, -0.2) is 48.2 Å². The zero-order valence-electron chi connectivity index (χ0n) is 14.7. The van der Waals surface area contributed by atoms with Gasteiger partial charge in [-0.1, -0.05) is 18.2 Å². The molecule has 1 aromatic carbocycles. The lowest BCUT2D eigenvalue weighted by molar-refractivity contribution is -0.140. The molecule has 134 valence electrons. The SMILES string of the molecule is C=CCN1C(=O)[C@@H]2[C@H](C1=O)[C@H](C(C)=O)N1c3ccc(OC)cc3C=C[C@@H]21. The first-order valence-electron chi connectivity index (χ1n) is 8.60. The fourth-order valence-corrected chi connectivity index (χ4v) is 4.51. The van der Waals surface area contributed by atoms with Gasteiger partial charge in [-0.25, -0.2) is 0 Å². The van der Waals surface area contributed by atoms with E-state index in [-0.39, 0.29) is 30.2 Å². The summed E-state index contributed by atoms with van der Waals surface area (Å²) in [4.78, 5) is 41.4. The molecule has 0 aromatic heterocycles. The van der Waals surface area contributed by atoms with Crippen LogP contribution in [0.3, 0.4) is 0 Å². The molecule has 2 fully saturated rings. The molecular formula is C20H20N2O4. The Hall–Kier alpha value is -2.89. The predicted octanol–water partition coefficient (Wildman–Crippen LogP) is 1.66. The molecule has 4 atom stereocenters. The average molecular weight is 352 g/mol. The molecule has 0 radical (unpaired) electrons. The third kappa shape index (κ3) is 2.08. The summed E-state index contributed by atoms with van der Waals surface area (Å²) < 4.78 is 5.27. The number of ketones is 1. The fourth-order valence-electron chi connectivity index (χ4n) is 4.51. The van der Waals surface area contributed by atoms with Crippen LogP contribution in [0.4, 0.5) is 5.69 Å². The maximum atomic E-state index is 12.9. The molecule has 3 aliphatic heterocycles. The van der Waals surface area contributed by atoms with Crippen molar-refractivity contribution in [2.24, 2.45) is 11.8 Å².